The van der Waals surface area contributed by atoms with Crippen molar-refractivity contribution in [3.63, 3.8) is 0 Å². The Labute approximate surface area is 171 Å². The number of ether oxygens (including phenoxy) is 2. The van der Waals surface area contributed by atoms with Gasteiger partial charge in [0, 0.05) is 25.7 Å². The Morgan fingerprint density at radius 3 is 2.28 bits per heavy atom. The molecule has 0 bridgehead atoms. The molecule has 3 rings (SSSR count). The average molecular weight is 393 g/mol. The van der Waals surface area contributed by atoms with Gasteiger partial charge >= 0.3 is 5.97 Å². The van der Waals surface area contributed by atoms with Gasteiger partial charge in [0.25, 0.3) is 0 Å². The highest BCUT2D eigenvalue weighted by molar-refractivity contribution is 6.10. The van der Waals surface area contributed by atoms with Gasteiger partial charge in [-0.3, -0.25) is 9.59 Å². The molecule has 0 N–H and O–H groups in total. The summed E-state index contributed by atoms with van der Waals surface area (Å²) < 4.78 is 10.4. The summed E-state index contributed by atoms with van der Waals surface area (Å²) >= 11 is 0. The van der Waals surface area contributed by atoms with E-state index in [9.17, 15) is 9.59 Å². The number of carbonyl (C=O) groups excluding carboxylic acids is 2. The highest BCUT2D eigenvalue weighted by Gasteiger charge is 2.39. The minimum atomic E-state index is -0.817. The SMILES string of the molecule is CCOC(=O)[C@@H]1C(=O)C=C(c2ccc(OC)cc2)C[C@H]1c1ccc(N(C)C)cc1. The van der Waals surface area contributed by atoms with Crippen molar-refractivity contribution < 1.29 is 19.1 Å². The van der Waals surface area contributed by atoms with Crippen molar-refractivity contribution in [2.75, 3.05) is 32.7 Å². The fourth-order valence-electron chi connectivity index (χ4n) is 3.72. The first-order valence-electron chi connectivity index (χ1n) is 9.77. The van der Waals surface area contributed by atoms with Gasteiger partial charge < -0.3 is 14.4 Å². The smallest absolute Gasteiger partial charge is 0.317 e. The molecule has 1 aliphatic carbocycles. The number of nitrogens with zero attached hydrogens (tertiary/aromatic N) is 1. The summed E-state index contributed by atoms with van der Waals surface area (Å²) in [6.45, 7) is 2.01. The minimum absolute atomic E-state index is 0.206. The number of rotatable bonds is 6. The highest BCUT2D eigenvalue weighted by Crippen LogP contribution is 2.41. The molecule has 0 fully saturated rings. The number of ketones is 1. The third kappa shape index (κ3) is 4.50. The summed E-state index contributed by atoms with van der Waals surface area (Å²) in [5, 5.41) is 0. The van der Waals surface area contributed by atoms with E-state index in [1.54, 1.807) is 20.1 Å². The molecule has 5 heteroatoms. The first kappa shape index (κ1) is 20.6. The van der Waals surface area contributed by atoms with Gasteiger partial charge in [0.1, 0.15) is 11.7 Å². The predicted molar refractivity (Wildman–Crippen MR) is 114 cm³/mol. The molecule has 2 aromatic carbocycles. The van der Waals surface area contributed by atoms with E-state index in [0.717, 1.165) is 28.1 Å². The van der Waals surface area contributed by atoms with Crippen LogP contribution in [0.2, 0.25) is 0 Å². The van der Waals surface area contributed by atoms with E-state index in [2.05, 4.69) is 0 Å². The Kier molecular flexibility index (Phi) is 6.37. The van der Waals surface area contributed by atoms with Crippen LogP contribution in [0, 0.1) is 5.92 Å². The van der Waals surface area contributed by atoms with Gasteiger partial charge in [-0.15, -0.1) is 0 Å². The molecule has 5 nitrogen and oxygen atoms in total. The monoisotopic (exact) mass is 393 g/mol. The van der Waals surface area contributed by atoms with Crippen LogP contribution in [0.4, 0.5) is 5.69 Å². The average Bonchev–Trinajstić information content (AvgIpc) is 2.73. The third-order valence-electron chi connectivity index (χ3n) is 5.30. The van der Waals surface area contributed by atoms with Crippen molar-refractivity contribution in [2.24, 2.45) is 5.92 Å². The maximum Gasteiger partial charge on any atom is 0.317 e. The van der Waals surface area contributed by atoms with Crippen LogP contribution in [0.3, 0.4) is 0 Å². The van der Waals surface area contributed by atoms with Crippen molar-refractivity contribution in [2.45, 2.75) is 19.3 Å². The number of carbonyl (C=O) groups is 2. The Hall–Kier alpha value is -3.08. The van der Waals surface area contributed by atoms with Crippen LogP contribution in [-0.2, 0) is 14.3 Å². The summed E-state index contributed by atoms with van der Waals surface area (Å²) in [4.78, 5) is 27.6. The van der Waals surface area contributed by atoms with Crippen LogP contribution < -0.4 is 9.64 Å². The van der Waals surface area contributed by atoms with E-state index in [4.69, 9.17) is 9.47 Å². The van der Waals surface area contributed by atoms with Gasteiger partial charge in [0.2, 0.25) is 0 Å². The first-order valence-corrected chi connectivity index (χ1v) is 9.77. The number of allylic oxidation sites excluding steroid dienone is 2. The molecule has 152 valence electrons. The molecule has 29 heavy (non-hydrogen) atoms. The standard InChI is InChI=1S/C24H27NO4/c1-5-29-24(27)23-21(17-6-10-19(11-7-17)25(2)3)14-18(15-22(23)26)16-8-12-20(28-4)13-9-16/h6-13,15,21,23H,5,14H2,1-4H3/t21-,23-/m0/s1. The molecular weight excluding hydrogens is 366 g/mol. The highest BCUT2D eigenvalue weighted by atomic mass is 16.5. The maximum absolute atomic E-state index is 13.0. The van der Waals surface area contributed by atoms with Gasteiger partial charge in [0.15, 0.2) is 5.78 Å². The lowest BCUT2D eigenvalue weighted by molar-refractivity contribution is -0.151. The topological polar surface area (TPSA) is 55.8 Å². The zero-order chi connectivity index (χ0) is 21.0. The van der Waals surface area contributed by atoms with Gasteiger partial charge in [-0.05, 0) is 60.4 Å². The van der Waals surface area contributed by atoms with E-state index in [1.807, 2.05) is 67.5 Å². The van der Waals surface area contributed by atoms with E-state index >= 15 is 0 Å². The van der Waals surface area contributed by atoms with E-state index in [1.165, 1.54) is 0 Å². The molecule has 0 unspecified atom stereocenters. The van der Waals surface area contributed by atoms with Crippen LogP contribution in [0.1, 0.15) is 30.4 Å². The van der Waals surface area contributed by atoms with Gasteiger partial charge in [0.05, 0.1) is 13.7 Å². The lowest BCUT2D eigenvalue weighted by atomic mass is 9.73. The van der Waals surface area contributed by atoms with Gasteiger partial charge in [-0.2, -0.15) is 0 Å². The Morgan fingerprint density at radius 2 is 1.72 bits per heavy atom. The summed E-state index contributed by atoms with van der Waals surface area (Å²) in [5.74, 6) is -0.981. The molecule has 0 spiro atoms. The minimum Gasteiger partial charge on any atom is -0.497 e. The second-order valence-corrected chi connectivity index (χ2v) is 7.33. The van der Waals surface area contributed by atoms with Crippen LogP contribution in [0.15, 0.2) is 54.6 Å². The van der Waals surface area contributed by atoms with Crippen molar-refractivity contribution in [3.05, 3.63) is 65.7 Å². The zero-order valence-electron chi connectivity index (χ0n) is 17.3. The second kappa shape index (κ2) is 8.95. The lowest BCUT2D eigenvalue weighted by Crippen LogP contribution is -2.34. The molecule has 0 radical (unpaired) electrons. The molecular formula is C24H27NO4. The normalized spacial score (nSPS) is 18.8. The molecule has 0 saturated heterocycles. The van der Waals surface area contributed by atoms with Crippen molar-refractivity contribution in [3.8, 4) is 5.75 Å². The number of hydrogen-bond acceptors (Lipinski definition) is 5. The lowest BCUT2D eigenvalue weighted by Gasteiger charge is -2.30. The molecule has 0 amide bonds. The van der Waals surface area contributed by atoms with Crippen molar-refractivity contribution >= 4 is 23.0 Å². The van der Waals surface area contributed by atoms with Gasteiger partial charge in [-0.1, -0.05) is 24.3 Å². The molecule has 0 aromatic heterocycles. The fourth-order valence-corrected chi connectivity index (χ4v) is 3.72. The maximum atomic E-state index is 13.0. The van der Waals surface area contributed by atoms with Gasteiger partial charge in [-0.25, -0.2) is 0 Å². The van der Waals surface area contributed by atoms with Crippen molar-refractivity contribution in [1.82, 2.24) is 0 Å². The molecule has 2 aromatic rings. The van der Waals surface area contributed by atoms with Crippen LogP contribution in [-0.4, -0.2) is 39.6 Å². The first-order chi connectivity index (χ1) is 13.9. The number of methoxy groups -OCH3 is 1. The summed E-state index contributed by atoms with van der Waals surface area (Å²) in [6, 6.07) is 15.6. The van der Waals surface area contributed by atoms with E-state index in [0.29, 0.717) is 6.42 Å². The predicted octanol–water partition coefficient (Wildman–Crippen LogP) is 4.08. The van der Waals surface area contributed by atoms with Crippen LogP contribution in [0.25, 0.3) is 5.57 Å². The number of anilines is 1. The quantitative estimate of drug-likeness (QED) is 0.547. The Bertz CT molecular complexity index is 897. The Balaban J connectivity index is 1.98. The van der Waals surface area contributed by atoms with Crippen LogP contribution >= 0.6 is 0 Å². The summed E-state index contributed by atoms with van der Waals surface area (Å²) in [7, 11) is 5.58. The number of esters is 1. The fraction of sp³-hybridized carbons (Fsp3) is 0.333. The number of benzene rings is 2. The second-order valence-electron chi connectivity index (χ2n) is 7.33. The van der Waals surface area contributed by atoms with E-state index < -0.39 is 11.9 Å². The van der Waals surface area contributed by atoms with Crippen molar-refractivity contribution in [1.29, 1.82) is 0 Å². The summed E-state index contributed by atoms with van der Waals surface area (Å²) in [6.07, 6.45) is 2.18. The van der Waals surface area contributed by atoms with Crippen LogP contribution in [0.5, 0.6) is 5.75 Å². The molecule has 0 heterocycles. The number of hydrogen-bond donors (Lipinski definition) is 0. The molecule has 0 saturated carbocycles. The zero-order valence-corrected chi connectivity index (χ0v) is 17.3. The third-order valence-corrected chi connectivity index (χ3v) is 5.30. The Morgan fingerprint density at radius 1 is 1.07 bits per heavy atom. The molecule has 2 atom stereocenters. The summed E-state index contributed by atoms with van der Waals surface area (Å²) in [5.41, 5.74) is 3.90. The van der Waals surface area contributed by atoms with E-state index in [-0.39, 0.29) is 18.3 Å². The largest absolute Gasteiger partial charge is 0.497 e. The molecule has 0 aliphatic heterocycles. The molecule has 1 aliphatic rings.